The van der Waals surface area contributed by atoms with Crippen molar-refractivity contribution in [3.05, 3.63) is 29.9 Å². The quantitative estimate of drug-likeness (QED) is 0.265. The predicted molar refractivity (Wildman–Crippen MR) is 72.3 cm³/mol. The summed E-state index contributed by atoms with van der Waals surface area (Å²) >= 11 is 0. The van der Waals surface area contributed by atoms with Gasteiger partial charge in [0.2, 0.25) is 0 Å². The molecule has 17 heavy (non-hydrogen) atoms. The van der Waals surface area contributed by atoms with E-state index in [1.807, 2.05) is 0 Å². The Morgan fingerprint density at radius 2 is 1.24 bits per heavy atom. The van der Waals surface area contributed by atoms with Gasteiger partial charge in [-0.15, -0.1) is 0 Å². The lowest BCUT2D eigenvalue weighted by Gasteiger charge is -2.23. The van der Waals surface area contributed by atoms with Crippen molar-refractivity contribution in [3.63, 3.8) is 0 Å². The largest absolute Gasteiger partial charge is 0.397 e. The SMILES string of the molecule is C=C1C(=C)C(N)(N)c2c(N)c(N)c(N)c(N)c21. The normalized spacial score (nSPS) is 17.3. The summed E-state index contributed by atoms with van der Waals surface area (Å²) in [6.07, 6.45) is 0. The van der Waals surface area contributed by atoms with Gasteiger partial charge in [0, 0.05) is 11.1 Å². The molecule has 1 aliphatic rings. The lowest BCUT2D eigenvalue weighted by molar-refractivity contribution is 0.589. The van der Waals surface area contributed by atoms with Crippen molar-refractivity contribution in [1.29, 1.82) is 0 Å². The summed E-state index contributed by atoms with van der Waals surface area (Å²) in [6, 6.07) is 0. The molecule has 0 aromatic heterocycles. The Labute approximate surface area is 98.9 Å². The van der Waals surface area contributed by atoms with Gasteiger partial charge in [-0.2, -0.15) is 0 Å². The maximum atomic E-state index is 6.00. The molecule has 0 saturated carbocycles. The van der Waals surface area contributed by atoms with Crippen LogP contribution in [0.1, 0.15) is 11.1 Å². The van der Waals surface area contributed by atoms with E-state index in [2.05, 4.69) is 13.2 Å². The third kappa shape index (κ3) is 1.10. The van der Waals surface area contributed by atoms with Gasteiger partial charge in [0.15, 0.2) is 0 Å². The lowest BCUT2D eigenvalue weighted by Crippen LogP contribution is -2.45. The number of nitrogen functional groups attached to an aromatic ring is 4. The first-order valence-corrected chi connectivity index (χ1v) is 4.94. The van der Waals surface area contributed by atoms with E-state index in [0.717, 1.165) is 0 Å². The Morgan fingerprint density at radius 1 is 0.765 bits per heavy atom. The second kappa shape index (κ2) is 2.93. The van der Waals surface area contributed by atoms with Crippen LogP contribution in [0.5, 0.6) is 0 Å². The molecular formula is C11H16N6. The minimum absolute atomic E-state index is 0.184. The fourth-order valence-corrected chi connectivity index (χ4v) is 2.12. The Hall–Kier alpha value is -2.18. The van der Waals surface area contributed by atoms with Gasteiger partial charge in [-0.05, 0) is 11.1 Å². The first kappa shape index (κ1) is 11.3. The topological polar surface area (TPSA) is 156 Å². The van der Waals surface area contributed by atoms with Gasteiger partial charge in [0.05, 0.1) is 22.7 Å². The summed E-state index contributed by atoms with van der Waals surface area (Å²) < 4.78 is 0. The van der Waals surface area contributed by atoms with E-state index >= 15 is 0 Å². The predicted octanol–water partition coefficient (Wildman–Crippen LogP) is -0.331. The summed E-state index contributed by atoms with van der Waals surface area (Å²) in [6.45, 7) is 7.66. The number of fused-ring (bicyclic) bond motifs is 1. The highest BCUT2D eigenvalue weighted by atomic mass is 15.0. The summed E-state index contributed by atoms with van der Waals surface area (Å²) in [7, 11) is 0. The molecule has 0 saturated heterocycles. The van der Waals surface area contributed by atoms with Crippen LogP contribution in [0.25, 0.3) is 5.57 Å². The molecule has 0 atom stereocenters. The minimum atomic E-state index is -1.31. The number of hydrogen-bond acceptors (Lipinski definition) is 6. The first-order valence-electron chi connectivity index (χ1n) is 4.94. The van der Waals surface area contributed by atoms with Crippen molar-refractivity contribution in [3.8, 4) is 0 Å². The maximum absolute atomic E-state index is 6.00. The van der Waals surface area contributed by atoms with Gasteiger partial charge < -0.3 is 34.4 Å². The van der Waals surface area contributed by atoms with Crippen molar-refractivity contribution >= 4 is 28.3 Å². The Balaban J connectivity index is 2.98. The smallest absolute Gasteiger partial charge is 0.119 e. The van der Waals surface area contributed by atoms with Crippen LogP contribution in [0, 0.1) is 0 Å². The van der Waals surface area contributed by atoms with E-state index in [4.69, 9.17) is 34.4 Å². The molecule has 6 heteroatoms. The van der Waals surface area contributed by atoms with Gasteiger partial charge in [-0.1, -0.05) is 13.2 Å². The number of hydrogen-bond donors (Lipinski definition) is 6. The Kier molecular flexibility index (Phi) is 1.95. The van der Waals surface area contributed by atoms with Gasteiger partial charge in [0.1, 0.15) is 5.66 Å². The van der Waals surface area contributed by atoms with Crippen molar-refractivity contribution in [2.45, 2.75) is 5.66 Å². The summed E-state index contributed by atoms with van der Waals surface area (Å²) in [5, 5.41) is 0. The molecule has 1 aliphatic carbocycles. The third-order valence-electron chi connectivity index (χ3n) is 3.24. The van der Waals surface area contributed by atoms with E-state index in [9.17, 15) is 0 Å². The average molecular weight is 232 g/mol. The van der Waals surface area contributed by atoms with E-state index in [1.54, 1.807) is 0 Å². The number of rotatable bonds is 0. The van der Waals surface area contributed by atoms with E-state index in [1.165, 1.54) is 0 Å². The third-order valence-corrected chi connectivity index (χ3v) is 3.24. The van der Waals surface area contributed by atoms with Crippen LogP contribution < -0.4 is 34.4 Å². The highest BCUT2D eigenvalue weighted by Crippen LogP contribution is 2.51. The molecule has 0 aliphatic heterocycles. The molecule has 2 rings (SSSR count). The van der Waals surface area contributed by atoms with Crippen LogP contribution in [0.4, 0.5) is 22.7 Å². The van der Waals surface area contributed by atoms with Gasteiger partial charge in [-0.25, -0.2) is 0 Å². The molecule has 0 heterocycles. The lowest BCUT2D eigenvalue weighted by atomic mass is 9.97. The molecule has 12 N–H and O–H groups in total. The second-order valence-corrected chi connectivity index (χ2v) is 4.23. The zero-order chi connectivity index (χ0) is 13.1. The van der Waals surface area contributed by atoms with Crippen molar-refractivity contribution in [2.24, 2.45) is 11.5 Å². The van der Waals surface area contributed by atoms with Crippen LogP contribution in [-0.4, -0.2) is 0 Å². The molecule has 90 valence electrons. The molecule has 1 aromatic carbocycles. The molecular weight excluding hydrogens is 216 g/mol. The van der Waals surface area contributed by atoms with E-state index in [0.29, 0.717) is 22.3 Å². The number of anilines is 4. The van der Waals surface area contributed by atoms with Crippen LogP contribution in [0.3, 0.4) is 0 Å². The fraction of sp³-hybridized carbons (Fsp3) is 0.0909. The van der Waals surface area contributed by atoms with Crippen molar-refractivity contribution in [2.75, 3.05) is 22.9 Å². The molecule has 1 aromatic rings. The summed E-state index contributed by atoms with van der Waals surface area (Å²) in [4.78, 5) is 0. The average Bonchev–Trinajstić information content (AvgIpc) is 2.44. The molecule has 0 amide bonds. The Morgan fingerprint density at radius 3 is 1.76 bits per heavy atom. The summed E-state index contributed by atoms with van der Waals surface area (Å²) in [5.74, 6) is 0. The standard InChI is InChI=1S/C11H16N6/c1-3-4(2)11(16,17)6-5(3)7(12)9(14)10(15)8(6)13/h1-2,12-17H2. The number of benzene rings is 1. The van der Waals surface area contributed by atoms with Gasteiger partial charge in [-0.3, -0.25) is 0 Å². The highest BCUT2D eigenvalue weighted by Gasteiger charge is 2.42. The first-order chi connectivity index (χ1) is 7.71. The monoisotopic (exact) mass is 232 g/mol. The zero-order valence-corrected chi connectivity index (χ0v) is 9.38. The van der Waals surface area contributed by atoms with Crippen LogP contribution >= 0.6 is 0 Å². The molecule has 6 nitrogen and oxygen atoms in total. The molecule has 0 radical (unpaired) electrons. The van der Waals surface area contributed by atoms with E-state index < -0.39 is 5.66 Å². The maximum Gasteiger partial charge on any atom is 0.119 e. The van der Waals surface area contributed by atoms with Gasteiger partial charge >= 0.3 is 0 Å². The fourth-order valence-electron chi connectivity index (χ4n) is 2.12. The van der Waals surface area contributed by atoms with Crippen molar-refractivity contribution < 1.29 is 0 Å². The van der Waals surface area contributed by atoms with Gasteiger partial charge in [0.25, 0.3) is 0 Å². The summed E-state index contributed by atoms with van der Waals surface area (Å²) in [5.41, 5.74) is 36.9. The second-order valence-electron chi connectivity index (χ2n) is 4.23. The molecule has 0 bridgehead atoms. The van der Waals surface area contributed by atoms with Crippen LogP contribution in [0.2, 0.25) is 0 Å². The van der Waals surface area contributed by atoms with Crippen molar-refractivity contribution in [1.82, 2.24) is 0 Å². The Bertz CT molecular complexity index is 570. The number of nitrogens with two attached hydrogens (primary N) is 6. The molecule has 0 unspecified atom stereocenters. The minimum Gasteiger partial charge on any atom is -0.397 e. The van der Waals surface area contributed by atoms with E-state index in [-0.39, 0.29) is 22.7 Å². The molecule has 0 spiro atoms. The van der Waals surface area contributed by atoms with Crippen LogP contribution in [0.15, 0.2) is 18.7 Å². The zero-order valence-electron chi connectivity index (χ0n) is 9.38. The van der Waals surface area contributed by atoms with Crippen LogP contribution in [-0.2, 0) is 5.66 Å². The molecule has 0 fully saturated rings. The highest BCUT2D eigenvalue weighted by molar-refractivity contribution is 6.04.